The summed E-state index contributed by atoms with van der Waals surface area (Å²) in [4.78, 5) is 11.6. The van der Waals surface area contributed by atoms with Crippen LogP contribution >= 0.6 is 0 Å². The van der Waals surface area contributed by atoms with Gasteiger partial charge in [-0.3, -0.25) is 4.79 Å². The van der Waals surface area contributed by atoms with Crippen molar-refractivity contribution in [3.63, 3.8) is 0 Å². The molecule has 26 heavy (non-hydrogen) atoms. The van der Waals surface area contributed by atoms with Crippen molar-refractivity contribution in [2.45, 2.75) is 46.1 Å². The van der Waals surface area contributed by atoms with Crippen LogP contribution in [-0.2, 0) is 26.2 Å². The van der Waals surface area contributed by atoms with Gasteiger partial charge in [-0.05, 0) is 36.3 Å². The van der Waals surface area contributed by atoms with Crippen molar-refractivity contribution in [1.82, 2.24) is 9.03 Å². The molecular formula is C19H30N2O4S. The lowest BCUT2D eigenvalue weighted by molar-refractivity contribution is -0.146. The van der Waals surface area contributed by atoms with Crippen LogP contribution in [0.25, 0.3) is 0 Å². The first-order valence-corrected chi connectivity index (χ1v) is 10.7. The summed E-state index contributed by atoms with van der Waals surface area (Å²) in [6.07, 6.45) is 1.93. The number of benzene rings is 1. The van der Waals surface area contributed by atoms with Gasteiger partial charge in [0, 0.05) is 13.1 Å². The third-order valence-corrected chi connectivity index (χ3v) is 6.61. The summed E-state index contributed by atoms with van der Waals surface area (Å²) in [5.41, 5.74) is 2.19. The number of esters is 1. The van der Waals surface area contributed by atoms with E-state index in [1.54, 1.807) is 0 Å². The second-order valence-electron chi connectivity index (χ2n) is 7.14. The van der Waals surface area contributed by atoms with Gasteiger partial charge in [0.1, 0.15) is 0 Å². The zero-order chi connectivity index (χ0) is 19.3. The highest BCUT2D eigenvalue weighted by atomic mass is 32.2. The Morgan fingerprint density at radius 1 is 1.23 bits per heavy atom. The normalized spacial score (nSPS) is 18.0. The van der Waals surface area contributed by atoms with E-state index < -0.39 is 10.2 Å². The maximum absolute atomic E-state index is 12.8. The Kier molecular flexibility index (Phi) is 7.20. The molecule has 1 N–H and O–H groups in total. The summed E-state index contributed by atoms with van der Waals surface area (Å²) < 4.78 is 34.7. The zero-order valence-corrected chi connectivity index (χ0v) is 16.9. The molecule has 1 atom stereocenters. The Balaban J connectivity index is 2.08. The van der Waals surface area contributed by atoms with Crippen LogP contribution in [0.5, 0.6) is 0 Å². The quantitative estimate of drug-likeness (QED) is 0.736. The van der Waals surface area contributed by atoms with E-state index in [1.165, 1.54) is 17.0 Å². The van der Waals surface area contributed by atoms with Crippen molar-refractivity contribution in [3.05, 3.63) is 35.4 Å². The smallest absolute Gasteiger partial charge is 0.308 e. The average molecular weight is 383 g/mol. The molecule has 0 amide bonds. The molecular weight excluding hydrogens is 352 g/mol. The maximum Gasteiger partial charge on any atom is 0.308 e. The summed E-state index contributed by atoms with van der Waals surface area (Å²) >= 11 is 0. The fourth-order valence-corrected chi connectivity index (χ4v) is 4.85. The molecule has 2 rings (SSSR count). The van der Waals surface area contributed by atoms with Crippen molar-refractivity contribution >= 4 is 16.2 Å². The van der Waals surface area contributed by atoms with Gasteiger partial charge in [0.05, 0.1) is 19.1 Å². The first-order valence-electron chi connectivity index (χ1n) is 9.22. The van der Waals surface area contributed by atoms with E-state index in [2.05, 4.69) is 11.6 Å². The van der Waals surface area contributed by atoms with E-state index in [4.69, 9.17) is 4.74 Å². The molecule has 0 unspecified atom stereocenters. The van der Waals surface area contributed by atoms with Crippen molar-refractivity contribution in [1.29, 1.82) is 0 Å². The van der Waals surface area contributed by atoms with Crippen molar-refractivity contribution in [2.24, 2.45) is 11.8 Å². The molecule has 1 aliphatic heterocycles. The fourth-order valence-electron chi connectivity index (χ4n) is 3.28. The van der Waals surface area contributed by atoms with E-state index >= 15 is 0 Å². The zero-order valence-electron chi connectivity index (χ0n) is 16.1. The Morgan fingerprint density at radius 3 is 2.27 bits per heavy atom. The summed E-state index contributed by atoms with van der Waals surface area (Å²) in [6.45, 7) is 6.76. The molecule has 0 aromatic heterocycles. The van der Waals surface area contributed by atoms with Gasteiger partial charge in [0.2, 0.25) is 0 Å². The molecule has 146 valence electrons. The molecule has 0 saturated carbocycles. The predicted molar refractivity (Wildman–Crippen MR) is 102 cm³/mol. The Morgan fingerprint density at radius 2 is 1.81 bits per heavy atom. The van der Waals surface area contributed by atoms with Gasteiger partial charge < -0.3 is 4.74 Å². The van der Waals surface area contributed by atoms with E-state index in [0.29, 0.717) is 25.9 Å². The molecule has 1 aliphatic rings. The lowest BCUT2D eigenvalue weighted by Crippen LogP contribution is -2.47. The highest BCUT2D eigenvalue weighted by Gasteiger charge is 2.33. The van der Waals surface area contributed by atoms with Crippen LogP contribution in [0.1, 0.15) is 50.8 Å². The number of ether oxygens (including phenoxy) is 1. The van der Waals surface area contributed by atoms with Crippen molar-refractivity contribution < 1.29 is 17.9 Å². The highest BCUT2D eigenvalue weighted by molar-refractivity contribution is 7.87. The molecule has 0 aliphatic carbocycles. The number of carbonyl (C=O) groups excluding carboxylic acids is 1. The number of piperidine rings is 1. The minimum absolute atomic E-state index is 0.116. The first-order chi connectivity index (χ1) is 12.3. The summed E-state index contributed by atoms with van der Waals surface area (Å²) in [5.74, 6) is -0.357. The first kappa shape index (κ1) is 20.9. The van der Waals surface area contributed by atoms with E-state index in [0.717, 1.165) is 12.0 Å². The molecule has 6 nitrogen and oxygen atoms in total. The third-order valence-electron chi connectivity index (χ3n) is 5.02. The average Bonchev–Trinajstić information content (AvgIpc) is 2.65. The molecule has 1 aromatic carbocycles. The van der Waals surface area contributed by atoms with Crippen LogP contribution in [0, 0.1) is 11.8 Å². The van der Waals surface area contributed by atoms with Crippen LogP contribution < -0.4 is 4.72 Å². The minimum Gasteiger partial charge on any atom is -0.469 e. The topological polar surface area (TPSA) is 75.7 Å². The lowest BCUT2D eigenvalue weighted by atomic mass is 9.96. The number of hydrogen-bond donors (Lipinski definition) is 1. The second-order valence-corrected chi connectivity index (χ2v) is 8.84. The third kappa shape index (κ3) is 5.05. The molecule has 1 heterocycles. The van der Waals surface area contributed by atoms with E-state index in [-0.39, 0.29) is 23.8 Å². The van der Waals surface area contributed by atoms with Crippen LogP contribution in [-0.4, -0.2) is 38.9 Å². The Bertz CT molecular complexity index is 693. The molecule has 0 bridgehead atoms. The number of nitrogens with zero attached hydrogens (tertiary/aromatic N) is 1. The van der Waals surface area contributed by atoms with Crippen molar-refractivity contribution in [3.8, 4) is 0 Å². The van der Waals surface area contributed by atoms with Gasteiger partial charge in [-0.15, -0.1) is 0 Å². The van der Waals surface area contributed by atoms with Gasteiger partial charge in [0.15, 0.2) is 0 Å². The fraction of sp³-hybridized carbons (Fsp3) is 0.632. The second kappa shape index (κ2) is 8.97. The Hall–Kier alpha value is -1.44. The molecule has 1 aromatic rings. The van der Waals surface area contributed by atoms with E-state index in [1.807, 2.05) is 38.1 Å². The Labute approximate surface area is 157 Å². The minimum atomic E-state index is -3.62. The number of carbonyl (C=O) groups is 1. The molecule has 1 fully saturated rings. The number of methoxy groups -OCH3 is 1. The monoisotopic (exact) mass is 382 g/mol. The number of aryl methyl sites for hydroxylation is 1. The maximum atomic E-state index is 12.8. The van der Waals surface area contributed by atoms with Crippen molar-refractivity contribution in [2.75, 3.05) is 20.2 Å². The van der Waals surface area contributed by atoms with Gasteiger partial charge in [-0.25, -0.2) is 0 Å². The molecule has 0 radical (unpaired) electrons. The largest absolute Gasteiger partial charge is 0.469 e. The van der Waals surface area contributed by atoms with E-state index in [9.17, 15) is 13.2 Å². The molecule has 7 heteroatoms. The van der Waals surface area contributed by atoms with Crippen LogP contribution in [0.3, 0.4) is 0 Å². The summed E-state index contributed by atoms with van der Waals surface area (Å²) in [7, 11) is -2.25. The van der Waals surface area contributed by atoms with Crippen LogP contribution in [0.15, 0.2) is 24.3 Å². The number of nitrogens with one attached hydrogen (secondary N) is 1. The van der Waals surface area contributed by atoms with Gasteiger partial charge in [-0.2, -0.15) is 17.4 Å². The number of rotatable bonds is 7. The van der Waals surface area contributed by atoms with Gasteiger partial charge in [-0.1, -0.05) is 45.0 Å². The summed E-state index contributed by atoms with van der Waals surface area (Å²) in [5, 5.41) is 0. The molecule has 0 spiro atoms. The highest BCUT2D eigenvalue weighted by Crippen LogP contribution is 2.26. The standard InChI is InChI=1S/C19H30N2O4S/c1-5-15-6-8-16(9-7-15)18(14(2)3)20-26(23,24)21-12-10-17(11-13-21)19(22)25-4/h6-9,14,17-18,20H,5,10-13H2,1-4H3/t18-/m0/s1. The molecule has 1 saturated heterocycles. The summed E-state index contributed by atoms with van der Waals surface area (Å²) in [6, 6.07) is 7.79. The predicted octanol–water partition coefficient (Wildman–Crippen LogP) is 2.67. The lowest BCUT2D eigenvalue weighted by Gasteiger charge is -2.32. The van der Waals surface area contributed by atoms with Gasteiger partial charge >= 0.3 is 5.97 Å². The number of hydrogen-bond acceptors (Lipinski definition) is 4. The van der Waals surface area contributed by atoms with Gasteiger partial charge in [0.25, 0.3) is 10.2 Å². The van der Waals surface area contributed by atoms with Crippen LogP contribution in [0.2, 0.25) is 0 Å². The van der Waals surface area contributed by atoms with Crippen LogP contribution in [0.4, 0.5) is 0 Å². The SMILES string of the molecule is CCc1ccc([C@@H](NS(=O)(=O)N2CCC(C(=O)OC)CC2)C(C)C)cc1.